The molecule has 1 aromatic rings. The lowest BCUT2D eigenvalue weighted by molar-refractivity contribution is 0.404. The molecule has 0 bridgehead atoms. The second-order valence-corrected chi connectivity index (χ2v) is 6.06. The molecule has 1 aromatic carbocycles. The third kappa shape index (κ3) is 2.60. The highest BCUT2D eigenvalue weighted by atomic mass is 16.5. The summed E-state index contributed by atoms with van der Waals surface area (Å²) in [6.07, 6.45) is 1.07. The van der Waals surface area contributed by atoms with E-state index in [1.807, 2.05) is 40.3 Å². The largest absolute Gasteiger partial charge is 0.496 e. The Morgan fingerprint density at radius 3 is 2.35 bits per heavy atom. The van der Waals surface area contributed by atoms with Gasteiger partial charge in [0.2, 0.25) is 0 Å². The molecule has 0 amide bonds. The lowest BCUT2D eigenvalue weighted by Crippen LogP contribution is -2.36. The number of hydrogen-bond donors (Lipinski definition) is 0. The monoisotopic (exact) mass is 275 g/mol. The van der Waals surface area contributed by atoms with Gasteiger partial charge in [-0.2, -0.15) is 0 Å². The van der Waals surface area contributed by atoms with Crippen molar-refractivity contribution in [1.29, 1.82) is 0 Å². The Hall–Kier alpha value is -1.71. The fraction of sp³-hybridized carbons (Fsp3) is 0.562. The highest BCUT2D eigenvalue weighted by molar-refractivity contribution is 5.79. The van der Waals surface area contributed by atoms with E-state index >= 15 is 0 Å². The van der Waals surface area contributed by atoms with E-state index in [0.717, 1.165) is 18.1 Å². The summed E-state index contributed by atoms with van der Waals surface area (Å²) in [7, 11) is 9.85. The van der Waals surface area contributed by atoms with E-state index in [1.165, 1.54) is 5.56 Å². The van der Waals surface area contributed by atoms with Gasteiger partial charge in [0.25, 0.3) is 0 Å². The molecule has 1 aliphatic rings. The van der Waals surface area contributed by atoms with E-state index < -0.39 is 0 Å². The molecule has 0 aliphatic heterocycles. The zero-order chi connectivity index (χ0) is 14.9. The molecule has 4 nitrogen and oxygen atoms in total. The van der Waals surface area contributed by atoms with Crippen molar-refractivity contribution in [2.24, 2.45) is 4.99 Å². The Labute approximate surface area is 122 Å². The van der Waals surface area contributed by atoms with Gasteiger partial charge >= 0.3 is 0 Å². The van der Waals surface area contributed by atoms with Crippen molar-refractivity contribution >= 4 is 5.96 Å². The van der Waals surface area contributed by atoms with Crippen LogP contribution in [0.15, 0.2) is 29.3 Å². The summed E-state index contributed by atoms with van der Waals surface area (Å²) in [5, 5.41) is 0. The first kappa shape index (κ1) is 14.7. The van der Waals surface area contributed by atoms with Crippen LogP contribution >= 0.6 is 0 Å². The van der Waals surface area contributed by atoms with Crippen molar-refractivity contribution < 1.29 is 4.74 Å². The summed E-state index contributed by atoms with van der Waals surface area (Å²) in [6, 6.07) is 8.58. The van der Waals surface area contributed by atoms with Gasteiger partial charge in [0.1, 0.15) is 5.75 Å². The predicted octanol–water partition coefficient (Wildman–Crippen LogP) is 2.20. The maximum Gasteiger partial charge on any atom is 0.195 e. The van der Waals surface area contributed by atoms with Gasteiger partial charge in [0.05, 0.1) is 13.2 Å². The van der Waals surface area contributed by atoms with Gasteiger partial charge in [0, 0.05) is 39.2 Å². The number of rotatable bonds is 3. The molecule has 2 unspecified atom stereocenters. The highest BCUT2D eigenvalue weighted by Crippen LogP contribution is 2.53. The lowest BCUT2D eigenvalue weighted by Gasteiger charge is -2.23. The second-order valence-electron chi connectivity index (χ2n) is 6.06. The number of guanidine groups is 1. The molecule has 2 rings (SSSR count). The first-order valence-corrected chi connectivity index (χ1v) is 6.96. The number of nitrogens with zero attached hydrogens (tertiary/aromatic N) is 3. The van der Waals surface area contributed by atoms with Crippen LogP contribution in [0.2, 0.25) is 0 Å². The van der Waals surface area contributed by atoms with Crippen LogP contribution in [0.3, 0.4) is 0 Å². The molecule has 0 aromatic heterocycles. The first-order chi connectivity index (χ1) is 9.40. The Morgan fingerprint density at radius 2 is 1.80 bits per heavy atom. The van der Waals surface area contributed by atoms with Crippen molar-refractivity contribution in [3.63, 3.8) is 0 Å². The molecule has 1 saturated carbocycles. The van der Waals surface area contributed by atoms with Crippen LogP contribution in [0.25, 0.3) is 0 Å². The number of ether oxygens (including phenoxy) is 1. The van der Waals surface area contributed by atoms with Gasteiger partial charge in [-0.25, -0.2) is 4.99 Å². The molecule has 0 radical (unpaired) electrons. The van der Waals surface area contributed by atoms with Crippen molar-refractivity contribution in [3.05, 3.63) is 29.8 Å². The molecule has 20 heavy (non-hydrogen) atoms. The molecular weight excluding hydrogens is 250 g/mol. The maximum absolute atomic E-state index is 5.49. The fourth-order valence-electron chi connectivity index (χ4n) is 2.71. The minimum Gasteiger partial charge on any atom is -0.496 e. The Kier molecular flexibility index (Phi) is 3.93. The van der Waals surface area contributed by atoms with Gasteiger partial charge in [0.15, 0.2) is 5.96 Å². The summed E-state index contributed by atoms with van der Waals surface area (Å²) in [6.45, 7) is 2.27. The van der Waals surface area contributed by atoms with Crippen LogP contribution < -0.4 is 4.74 Å². The third-order valence-corrected chi connectivity index (χ3v) is 3.99. The summed E-state index contributed by atoms with van der Waals surface area (Å²) in [4.78, 5) is 9.02. The average molecular weight is 275 g/mol. The fourth-order valence-corrected chi connectivity index (χ4v) is 2.71. The van der Waals surface area contributed by atoms with Crippen LogP contribution in [0.1, 0.15) is 18.9 Å². The second kappa shape index (κ2) is 5.35. The van der Waals surface area contributed by atoms with E-state index in [1.54, 1.807) is 7.11 Å². The smallest absolute Gasteiger partial charge is 0.195 e. The summed E-state index contributed by atoms with van der Waals surface area (Å²) in [5.74, 6) is 1.97. The van der Waals surface area contributed by atoms with E-state index in [0.29, 0.717) is 6.04 Å². The van der Waals surface area contributed by atoms with E-state index in [4.69, 9.17) is 9.73 Å². The van der Waals surface area contributed by atoms with Gasteiger partial charge in [-0.3, -0.25) is 0 Å². The van der Waals surface area contributed by atoms with E-state index in [-0.39, 0.29) is 5.41 Å². The van der Waals surface area contributed by atoms with Crippen LogP contribution in [0.5, 0.6) is 5.75 Å². The normalized spacial score (nSPS) is 24.0. The van der Waals surface area contributed by atoms with Crippen LogP contribution in [0.4, 0.5) is 0 Å². The molecular formula is C16H25N3O. The highest BCUT2D eigenvalue weighted by Gasteiger charge is 2.53. The van der Waals surface area contributed by atoms with Gasteiger partial charge < -0.3 is 14.5 Å². The van der Waals surface area contributed by atoms with Gasteiger partial charge in [-0.1, -0.05) is 25.1 Å². The molecule has 0 heterocycles. The SMILES string of the molecule is COc1ccccc1C1(C)CC1N=C(N(C)C)N(C)C. The average Bonchev–Trinajstić information content (AvgIpc) is 3.07. The zero-order valence-corrected chi connectivity index (χ0v) is 13.3. The van der Waals surface area contributed by atoms with E-state index in [2.05, 4.69) is 28.9 Å². The third-order valence-electron chi connectivity index (χ3n) is 3.99. The summed E-state index contributed by atoms with van der Waals surface area (Å²) < 4.78 is 5.49. The van der Waals surface area contributed by atoms with Crippen molar-refractivity contribution in [2.45, 2.75) is 24.8 Å². The number of benzene rings is 1. The van der Waals surface area contributed by atoms with E-state index in [9.17, 15) is 0 Å². The topological polar surface area (TPSA) is 28.1 Å². The standard InChI is InChI=1S/C16H25N3O/c1-16(12-9-7-8-10-13(12)20-6)11-14(16)17-15(18(2)3)19(4)5/h7-10,14H,11H2,1-6H3. The Balaban J connectivity index is 2.26. The molecule has 0 saturated heterocycles. The minimum absolute atomic E-state index is 0.0872. The van der Waals surface area contributed by atoms with Gasteiger partial charge in [-0.15, -0.1) is 0 Å². The molecule has 1 aliphatic carbocycles. The zero-order valence-electron chi connectivity index (χ0n) is 13.3. The quantitative estimate of drug-likeness (QED) is 0.625. The molecule has 4 heteroatoms. The Morgan fingerprint density at radius 1 is 1.20 bits per heavy atom. The molecule has 1 fully saturated rings. The van der Waals surface area contributed by atoms with Crippen LogP contribution in [-0.2, 0) is 5.41 Å². The van der Waals surface area contributed by atoms with Crippen molar-refractivity contribution in [3.8, 4) is 5.75 Å². The molecule has 2 atom stereocenters. The summed E-state index contributed by atoms with van der Waals surface area (Å²) in [5.41, 5.74) is 1.34. The maximum atomic E-state index is 5.49. The number of para-hydroxylation sites is 1. The first-order valence-electron chi connectivity index (χ1n) is 6.96. The van der Waals surface area contributed by atoms with Crippen molar-refractivity contribution in [2.75, 3.05) is 35.3 Å². The summed E-state index contributed by atoms with van der Waals surface area (Å²) >= 11 is 0. The molecule has 110 valence electrons. The number of methoxy groups -OCH3 is 1. The number of aliphatic imine (C=N–C) groups is 1. The van der Waals surface area contributed by atoms with Crippen molar-refractivity contribution in [1.82, 2.24) is 9.80 Å². The lowest BCUT2D eigenvalue weighted by atomic mass is 9.96. The van der Waals surface area contributed by atoms with Gasteiger partial charge in [-0.05, 0) is 12.5 Å². The minimum atomic E-state index is 0.0872. The Bertz CT molecular complexity index is 500. The molecule has 0 spiro atoms. The van der Waals surface area contributed by atoms with Crippen LogP contribution in [0, 0.1) is 0 Å². The molecule has 0 N–H and O–H groups in total. The predicted molar refractivity (Wildman–Crippen MR) is 83.6 cm³/mol. The number of hydrogen-bond acceptors (Lipinski definition) is 2. The van der Waals surface area contributed by atoms with Crippen LogP contribution in [-0.4, -0.2) is 57.1 Å².